The minimum absolute atomic E-state index is 0.0556. The Balaban J connectivity index is 2.14. The quantitative estimate of drug-likeness (QED) is 0.245. The summed E-state index contributed by atoms with van der Waals surface area (Å²) in [5, 5.41) is 9.36. The second-order valence-electron chi connectivity index (χ2n) is 9.10. The highest BCUT2D eigenvalue weighted by molar-refractivity contribution is 5.81. The standard InChI is InChI=1S/C24H44O4/c1-4-20(16-12-10-8-6-5-7-9-11-15-19(2)3)28-24(27)22-18-14-13-17-21(22)23(25)26/h19-22H,4-18H2,1-3H3,(H,25,26). The lowest BCUT2D eigenvalue weighted by molar-refractivity contribution is -0.164. The number of ether oxygens (including phenoxy) is 1. The third kappa shape index (κ3) is 10.5. The summed E-state index contributed by atoms with van der Waals surface area (Å²) < 4.78 is 5.71. The molecule has 1 N–H and O–H groups in total. The molecule has 0 amide bonds. The Labute approximate surface area is 172 Å². The highest BCUT2D eigenvalue weighted by Crippen LogP contribution is 2.32. The van der Waals surface area contributed by atoms with E-state index in [1.807, 2.05) is 6.92 Å². The Bertz CT molecular complexity index is 432. The van der Waals surface area contributed by atoms with E-state index in [0.29, 0.717) is 12.8 Å². The molecule has 0 aromatic carbocycles. The van der Waals surface area contributed by atoms with Crippen LogP contribution in [0.4, 0.5) is 0 Å². The molecule has 1 aliphatic rings. The van der Waals surface area contributed by atoms with Crippen molar-refractivity contribution in [3.63, 3.8) is 0 Å². The Hall–Kier alpha value is -1.06. The van der Waals surface area contributed by atoms with Gasteiger partial charge in [-0.05, 0) is 38.0 Å². The summed E-state index contributed by atoms with van der Waals surface area (Å²) in [5.41, 5.74) is 0. The van der Waals surface area contributed by atoms with Gasteiger partial charge in [-0.1, -0.05) is 85.0 Å². The van der Waals surface area contributed by atoms with Crippen molar-refractivity contribution in [3.05, 3.63) is 0 Å². The zero-order chi connectivity index (χ0) is 20.8. The molecule has 3 atom stereocenters. The molecule has 1 aliphatic carbocycles. The largest absolute Gasteiger partial charge is 0.481 e. The Morgan fingerprint density at radius 1 is 0.857 bits per heavy atom. The van der Waals surface area contributed by atoms with Gasteiger partial charge in [-0.3, -0.25) is 9.59 Å². The van der Waals surface area contributed by atoms with Crippen molar-refractivity contribution in [1.82, 2.24) is 0 Å². The number of aliphatic carboxylic acids is 1. The number of carboxylic acid groups (broad SMARTS) is 1. The minimum Gasteiger partial charge on any atom is -0.481 e. The molecule has 4 nitrogen and oxygen atoms in total. The predicted molar refractivity (Wildman–Crippen MR) is 114 cm³/mol. The predicted octanol–water partition coefficient (Wildman–Crippen LogP) is 6.76. The van der Waals surface area contributed by atoms with Crippen LogP contribution < -0.4 is 0 Å². The van der Waals surface area contributed by atoms with Gasteiger partial charge in [0.15, 0.2) is 0 Å². The highest BCUT2D eigenvalue weighted by atomic mass is 16.5. The van der Waals surface area contributed by atoms with Crippen LogP contribution in [0, 0.1) is 17.8 Å². The lowest BCUT2D eigenvalue weighted by atomic mass is 9.79. The molecular weight excluding hydrogens is 352 g/mol. The molecule has 0 heterocycles. The molecule has 4 heteroatoms. The van der Waals surface area contributed by atoms with Crippen LogP contribution >= 0.6 is 0 Å². The number of rotatable bonds is 15. The molecule has 1 fully saturated rings. The topological polar surface area (TPSA) is 63.6 Å². The SMILES string of the molecule is CCC(CCCCCCCCCCC(C)C)OC(=O)C1CCCCC1C(=O)O. The van der Waals surface area contributed by atoms with E-state index in [0.717, 1.165) is 38.0 Å². The zero-order valence-electron chi connectivity index (χ0n) is 18.6. The van der Waals surface area contributed by atoms with Gasteiger partial charge in [0.2, 0.25) is 0 Å². The van der Waals surface area contributed by atoms with Crippen molar-refractivity contribution >= 4 is 11.9 Å². The van der Waals surface area contributed by atoms with Crippen LogP contribution in [0.1, 0.15) is 117 Å². The fourth-order valence-electron chi connectivity index (χ4n) is 4.29. The normalized spacial score (nSPS) is 20.9. The van der Waals surface area contributed by atoms with Gasteiger partial charge in [0, 0.05) is 0 Å². The second kappa shape index (κ2) is 14.9. The van der Waals surface area contributed by atoms with E-state index in [1.165, 1.54) is 51.4 Å². The molecule has 0 aliphatic heterocycles. The van der Waals surface area contributed by atoms with E-state index >= 15 is 0 Å². The van der Waals surface area contributed by atoms with Crippen molar-refractivity contribution in [2.75, 3.05) is 0 Å². The maximum atomic E-state index is 12.5. The molecule has 0 bridgehead atoms. The molecular formula is C24H44O4. The van der Waals surface area contributed by atoms with Crippen LogP contribution in [0.15, 0.2) is 0 Å². The van der Waals surface area contributed by atoms with E-state index in [2.05, 4.69) is 13.8 Å². The number of carbonyl (C=O) groups excluding carboxylic acids is 1. The van der Waals surface area contributed by atoms with Gasteiger partial charge < -0.3 is 9.84 Å². The third-order valence-corrected chi connectivity index (χ3v) is 6.18. The maximum absolute atomic E-state index is 12.5. The molecule has 0 radical (unpaired) electrons. The van der Waals surface area contributed by atoms with Crippen LogP contribution in [0.2, 0.25) is 0 Å². The van der Waals surface area contributed by atoms with E-state index in [4.69, 9.17) is 4.74 Å². The average molecular weight is 397 g/mol. The Morgan fingerprint density at radius 2 is 1.36 bits per heavy atom. The molecule has 164 valence electrons. The van der Waals surface area contributed by atoms with Crippen molar-refractivity contribution in [1.29, 1.82) is 0 Å². The molecule has 0 aromatic heterocycles. The third-order valence-electron chi connectivity index (χ3n) is 6.18. The fraction of sp³-hybridized carbons (Fsp3) is 0.917. The first-order valence-electron chi connectivity index (χ1n) is 11.9. The van der Waals surface area contributed by atoms with Gasteiger partial charge in [0.25, 0.3) is 0 Å². The average Bonchev–Trinajstić information content (AvgIpc) is 2.67. The van der Waals surface area contributed by atoms with Crippen molar-refractivity contribution in [2.45, 2.75) is 123 Å². The van der Waals surface area contributed by atoms with Gasteiger partial charge in [-0.2, -0.15) is 0 Å². The number of unbranched alkanes of at least 4 members (excludes halogenated alkanes) is 7. The Morgan fingerprint density at radius 3 is 1.86 bits per heavy atom. The molecule has 0 spiro atoms. The molecule has 28 heavy (non-hydrogen) atoms. The van der Waals surface area contributed by atoms with Gasteiger partial charge >= 0.3 is 11.9 Å². The summed E-state index contributed by atoms with van der Waals surface area (Å²) in [6, 6.07) is 0. The van der Waals surface area contributed by atoms with Gasteiger partial charge in [0.1, 0.15) is 6.10 Å². The van der Waals surface area contributed by atoms with Crippen LogP contribution in [-0.4, -0.2) is 23.1 Å². The summed E-state index contributed by atoms with van der Waals surface area (Å²) in [6.07, 6.45) is 16.4. The van der Waals surface area contributed by atoms with Crippen molar-refractivity contribution in [3.8, 4) is 0 Å². The summed E-state index contributed by atoms with van der Waals surface area (Å²) >= 11 is 0. The Kier molecular flexibility index (Phi) is 13.3. The van der Waals surface area contributed by atoms with Crippen molar-refractivity contribution in [2.24, 2.45) is 17.8 Å². The van der Waals surface area contributed by atoms with E-state index < -0.39 is 17.8 Å². The number of hydrogen-bond donors (Lipinski definition) is 1. The van der Waals surface area contributed by atoms with Crippen LogP contribution in [0.25, 0.3) is 0 Å². The minimum atomic E-state index is -0.848. The highest BCUT2D eigenvalue weighted by Gasteiger charge is 2.37. The summed E-state index contributed by atoms with van der Waals surface area (Å²) in [4.78, 5) is 23.9. The fourth-order valence-corrected chi connectivity index (χ4v) is 4.29. The lowest BCUT2D eigenvalue weighted by Crippen LogP contribution is -2.35. The molecule has 0 aromatic rings. The molecule has 1 saturated carbocycles. The van der Waals surface area contributed by atoms with Crippen molar-refractivity contribution < 1.29 is 19.4 Å². The van der Waals surface area contributed by atoms with E-state index in [-0.39, 0.29) is 12.1 Å². The number of hydrogen-bond acceptors (Lipinski definition) is 3. The smallest absolute Gasteiger partial charge is 0.310 e. The molecule has 1 rings (SSSR count). The summed E-state index contributed by atoms with van der Waals surface area (Å²) in [7, 11) is 0. The maximum Gasteiger partial charge on any atom is 0.310 e. The first kappa shape index (κ1) is 25.0. The first-order valence-corrected chi connectivity index (χ1v) is 11.9. The zero-order valence-corrected chi connectivity index (χ0v) is 18.6. The monoisotopic (exact) mass is 396 g/mol. The number of esters is 1. The van der Waals surface area contributed by atoms with E-state index in [1.54, 1.807) is 0 Å². The summed E-state index contributed by atoms with van der Waals surface area (Å²) in [6.45, 7) is 6.63. The second-order valence-corrected chi connectivity index (χ2v) is 9.10. The van der Waals surface area contributed by atoms with E-state index in [9.17, 15) is 14.7 Å². The van der Waals surface area contributed by atoms with Crippen LogP contribution in [0.5, 0.6) is 0 Å². The molecule has 0 saturated heterocycles. The van der Waals surface area contributed by atoms with Gasteiger partial charge in [0.05, 0.1) is 11.8 Å². The first-order chi connectivity index (χ1) is 13.5. The summed E-state index contributed by atoms with van der Waals surface area (Å²) in [5.74, 6) is -1.30. The van der Waals surface area contributed by atoms with Crippen LogP contribution in [-0.2, 0) is 14.3 Å². The number of carboxylic acids is 1. The van der Waals surface area contributed by atoms with Gasteiger partial charge in [-0.25, -0.2) is 0 Å². The molecule has 3 unspecified atom stereocenters. The van der Waals surface area contributed by atoms with Crippen LogP contribution in [0.3, 0.4) is 0 Å². The number of carbonyl (C=O) groups is 2. The lowest BCUT2D eigenvalue weighted by Gasteiger charge is -2.28. The van der Waals surface area contributed by atoms with Gasteiger partial charge in [-0.15, -0.1) is 0 Å².